The van der Waals surface area contributed by atoms with Crippen molar-refractivity contribution in [2.75, 3.05) is 26.5 Å². The van der Waals surface area contributed by atoms with Gasteiger partial charge in [0.1, 0.15) is 22.9 Å². The van der Waals surface area contributed by atoms with Gasteiger partial charge in [-0.1, -0.05) is 37.6 Å². The molecule has 0 unspecified atom stereocenters. The van der Waals surface area contributed by atoms with E-state index in [9.17, 15) is 30.7 Å². The van der Waals surface area contributed by atoms with E-state index in [4.69, 9.17) is 14.2 Å². The van der Waals surface area contributed by atoms with Crippen molar-refractivity contribution >= 4 is 0 Å². The minimum atomic E-state index is -4.63. The SMILES string of the molecule is CCCC1COC(c2ccc(-c3cc(F)c(C(F)(F)Oc4cc(F)c(OCCCF)c(F)c4)c(F)c3)cc2)OC1. The van der Waals surface area contributed by atoms with Gasteiger partial charge in [0.25, 0.3) is 0 Å². The Bertz CT molecular complexity index is 1250. The molecule has 40 heavy (non-hydrogen) atoms. The van der Waals surface area contributed by atoms with Crippen LogP contribution in [0.5, 0.6) is 11.5 Å². The van der Waals surface area contributed by atoms with E-state index in [0.717, 1.165) is 12.8 Å². The molecule has 1 aliphatic heterocycles. The highest BCUT2D eigenvalue weighted by molar-refractivity contribution is 5.64. The summed E-state index contributed by atoms with van der Waals surface area (Å²) < 4.78 is 120. The average Bonchev–Trinajstić information content (AvgIpc) is 2.90. The van der Waals surface area contributed by atoms with Crippen LogP contribution < -0.4 is 9.47 Å². The minimum absolute atomic E-state index is 0.0264. The Morgan fingerprint density at radius 3 is 2.00 bits per heavy atom. The van der Waals surface area contributed by atoms with Gasteiger partial charge in [0.2, 0.25) is 0 Å². The lowest BCUT2D eigenvalue weighted by Crippen LogP contribution is -2.26. The Morgan fingerprint density at radius 1 is 0.850 bits per heavy atom. The zero-order valence-corrected chi connectivity index (χ0v) is 21.5. The van der Waals surface area contributed by atoms with Crippen molar-refractivity contribution in [3.8, 4) is 22.6 Å². The summed E-state index contributed by atoms with van der Waals surface area (Å²) in [5.41, 5.74) is -0.733. The number of hydrogen-bond acceptors (Lipinski definition) is 4. The van der Waals surface area contributed by atoms with Gasteiger partial charge in [-0.2, -0.15) is 8.78 Å². The zero-order chi connectivity index (χ0) is 28.9. The van der Waals surface area contributed by atoms with Crippen LogP contribution in [0.15, 0.2) is 48.5 Å². The van der Waals surface area contributed by atoms with E-state index in [0.29, 0.717) is 54.5 Å². The summed E-state index contributed by atoms with van der Waals surface area (Å²) in [6.45, 7) is 2.03. The van der Waals surface area contributed by atoms with Crippen molar-refractivity contribution in [2.24, 2.45) is 5.92 Å². The standard InChI is InChI=1S/C29H27F7O4/c1-2-4-17-15-38-28(39-16-17)19-7-5-18(6-8-19)20-11-22(31)26(23(32)12-20)29(35,36)40-21-13-24(33)27(25(34)14-21)37-10-3-9-30/h5-8,11-14,17,28H,2-4,9-10,15-16H2,1H3. The lowest BCUT2D eigenvalue weighted by Gasteiger charge is -2.29. The molecule has 216 valence electrons. The lowest BCUT2D eigenvalue weighted by molar-refractivity contribution is -0.206. The third kappa shape index (κ3) is 6.87. The van der Waals surface area contributed by atoms with Crippen LogP contribution in [0.1, 0.15) is 43.6 Å². The maximum absolute atomic E-state index is 14.8. The van der Waals surface area contributed by atoms with Crippen molar-refractivity contribution in [1.82, 2.24) is 0 Å². The van der Waals surface area contributed by atoms with Gasteiger partial charge in [0.15, 0.2) is 23.7 Å². The molecule has 1 aliphatic rings. The summed E-state index contributed by atoms with van der Waals surface area (Å²) >= 11 is 0. The molecule has 11 heteroatoms. The molecule has 1 fully saturated rings. The van der Waals surface area contributed by atoms with Crippen LogP contribution in [0.3, 0.4) is 0 Å². The van der Waals surface area contributed by atoms with Crippen LogP contribution in [-0.2, 0) is 15.6 Å². The van der Waals surface area contributed by atoms with Crippen LogP contribution >= 0.6 is 0 Å². The van der Waals surface area contributed by atoms with Crippen molar-refractivity contribution in [3.63, 3.8) is 0 Å². The molecule has 0 spiro atoms. The summed E-state index contributed by atoms with van der Waals surface area (Å²) in [5, 5.41) is 0. The van der Waals surface area contributed by atoms with Crippen LogP contribution in [0.2, 0.25) is 0 Å². The fourth-order valence-electron chi connectivity index (χ4n) is 4.32. The van der Waals surface area contributed by atoms with E-state index in [-0.39, 0.29) is 18.6 Å². The minimum Gasteiger partial charge on any atom is -0.488 e. The van der Waals surface area contributed by atoms with Crippen LogP contribution in [-0.4, -0.2) is 26.5 Å². The molecule has 0 radical (unpaired) electrons. The fourth-order valence-corrected chi connectivity index (χ4v) is 4.32. The Balaban J connectivity index is 1.49. The third-order valence-electron chi connectivity index (χ3n) is 6.26. The molecule has 0 saturated carbocycles. The van der Waals surface area contributed by atoms with E-state index in [1.54, 1.807) is 24.3 Å². The van der Waals surface area contributed by atoms with Gasteiger partial charge in [-0.15, -0.1) is 0 Å². The monoisotopic (exact) mass is 572 g/mol. The topological polar surface area (TPSA) is 36.9 Å². The van der Waals surface area contributed by atoms with Gasteiger partial charge in [0.05, 0.1) is 26.5 Å². The first-order chi connectivity index (χ1) is 19.1. The largest absolute Gasteiger partial charge is 0.488 e. The first-order valence-electron chi connectivity index (χ1n) is 12.7. The molecule has 3 aromatic carbocycles. The van der Waals surface area contributed by atoms with E-state index in [1.807, 2.05) is 0 Å². The van der Waals surface area contributed by atoms with Gasteiger partial charge in [-0.05, 0) is 29.7 Å². The van der Waals surface area contributed by atoms with Gasteiger partial charge in [-0.3, -0.25) is 4.39 Å². The Hall–Kier alpha value is -3.31. The summed E-state index contributed by atoms with van der Waals surface area (Å²) in [4.78, 5) is 0. The quantitative estimate of drug-likeness (QED) is 0.171. The van der Waals surface area contributed by atoms with Gasteiger partial charge < -0.3 is 18.9 Å². The van der Waals surface area contributed by atoms with Crippen molar-refractivity contribution in [3.05, 3.63) is 82.9 Å². The van der Waals surface area contributed by atoms with Crippen molar-refractivity contribution in [2.45, 2.75) is 38.6 Å². The molecule has 0 bridgehead atoms. The zero-order valence-electron chi connectivity index (χ0n) is 21.5. The average molecular weight is 573 g/mol. The molecule has 4 rings (SSSR count). The molecular formula is C29H27F7O4. The summed E-state index contributed by atoms with van der Waals surface area (Å²) in [6, 6.07) is 8.55. The second-order valence-corrected chi connectivity index (χ2v) is 9.32. The van der Waals surface area contributed by atoms with Crippen LogP contribution in [0.4, 0.5) is 30.7 Å². The van der Waals surface area contributed by atoms with E-state index in [1.165, 1.54) is 0 Å². The van der Waals surface area contributed by atoms with Crippen LogP contribution in [0, 0.1) is 29.2 Å². The van der Waals surface area contributed by atoms with Gasteiger partial charge >= 0.3 is 6.11 Å². The number of ether oxygens (including phenoxy) is 4. The maximum Gasteiger partial charge on any atom is 0.432 e. The molecular weight excluding hydrogens is 545 g/mol. The lowest BCUT2D eigenvalue weighted by atomic mass is 10.0. The second-order valence-electron chi connectivity index (χ2n) is 9.32. The number of alkyl halides is 3. The first kappa shape index (κ1) is 29.7. The number of halogens is 7. The van der Waals surface area contributed by atoms with Gasteiger partial charge in [-0.25, -0.2) is 17.6 Å². The normalized spacial score (nSPS) is 17.6. The Morgan fingerprint density at radius 2 is 1.45 bits per heavy atom. The van der Waals surface area contributed by atoms with Crippen molar-refractivity contribution in [1.29, 1.82) is 0 Å². The predicted octanol–water partition coefficient (Wildman–Crippen LogP) is 8.24. The molecule has 1 saturated heterocycles. The highest BCUT2D eigenvalue weighted by atomic mass is 19.3. The molecule has 0 N–H and O–H groups in total. The molecule has 0 aromatic heterocycles. The predicted molar refractivity (Wildman–Crippen MR) is 132 cm³/mol. The fraction of sp³-hybridized carbons (Fsp3) is 0.379. The number of rotatable bonds is 11. The smallest absolute Gasteiger partial charge is 0.432 e. The summed E-state index contributed by atoms with van der Waals surface area (Å²) in [6.07, 6.45) is -3.35. The Kier molecular flexibility index (Phi) is 9.57. The molecule has 0 atom stereocenters. The van der Waals surface area contributed by atoms with Gasteiger partial charge in [0, 0.05) is 30.0 Å². The summed E-state index contributed by atoms with van der Waals surface area (Å²) in [7, 11) is 0. The molecule has 1 heterocycles. The Labute approximate surface area is 226 Å². The van der Waals surface area contributed by atoms with E-state index in [2.05, 4.69) is 11.7 Å². The highest BCUT2D eigenvalue weighted by Crippen LogP contribution is 2.39. The van der Waals surface area contributed by atoms with Crippen LogP contribution in [0.25, 0.3) is 11.1 Å². The van der Waals surface area contributed by atoms with E-state index >= 15 is 0 Å². The summed E-state index contributed by atoms with van der Waals surface area (Å²) in [5.74, 6) is -7.71. The molecule has 0 amide bonds. The van der Waals surface area contributed by atoms with Crippen molar-refractivity contribution < 1.29 is 49.7 Å². The molecule has 4 nitrogen and oxygen atoms in total. The molecule has 0 aliphatic carbocycles. The highest BCUT2D eigenvalue weighted by Gasteiger charge is 2.41. The third-order valence-corrected chi connectivity index (χ3v) is 6.26. The molecule has 3 aromatic rings. The number of benzene rings is 3. The second kappa shape index (κ2) is 12.9. The first-order valence-corrected chi connectivity index (χ1v) is 12.7. The maximum atomic E-state index is 14.8. The van der Waals surface area contributed by atoms with E-state index < -0.39 is 59.4 Å². The number of hydrogen-bond donors (Lipinski definition) is 0.